The lowest BCUT2D eigenvalue weighted by molar-refractivity contribution is 0.667. The number of hydrogen-bond acceptors (Lipinski definition) is 2. The average Bonchev–Trinajstić information content (AvgIpc) is 3.88. The first-order valence-electron chi connectivity index (χ1n) is 20.3. The van der Waals surface area contributed by atoms with Crippen LogP contribution in [0, 0.1) is 0 Å². The average molecular weight is 758 g/mol. The molecule has 1 heterocycles. The van der Waals surface area contributed by atoms with Gasteiger partial charge in [-0.1, -0.05) is 178 Å². The molecule has 0 radical (unpaired) electrons. The van der Waals surface area contributed by atoms with E-state index in [9.17, 15) is 0 Å². The van der Waals surface area contributed by atoms with Gasteiger partial charge in [-0.2, -0.15) is 0 Å². The molecule has 274 valence electrons. The number of fused-ring (bicyclic) bond motifs is 13. The topological polar surface area (TPSA) is 3.24 Å². The Labute approximate surface area is 343 Å². The molecule has 0 aliphatic heterocycles. The van der Waals surface area contributed by atoms with Crippen LogP contribution < -0.4 is 4.90 Å². The summed E-state index contributed by atoms with van der Waals surface area (Å²) in [7, 11) is 0. The van der Waals surface area contributed by atoms with Crippen molar-refractivity contribution in [3.8, 4) is 22.3 Å². The summed E-state index contributed by atoms with van der Waals surface area (Å²) in [6.07, 6.45) is 0. The van der Waals surface area contributed by atoms with E-state index in [1.807, 2.05) is 11.3 Å². The summed E-state index contributed by atoms with van der Waals surface area (Å²) in [6.45, 7) is 4.83. The van der Waals surface area contributed by atoms with Crippen LogP contribution >= 0.6 is 11.3 Å². The molecule has 0 fully saturated rings. The SMILES string of the molecule is CC1(C)c2ccccc2-c2c1c1c3ccc(N(c4ccccc4)c4ccc5c(c4)C(c4ccccc4)(c4ccccc4)c4ccccc4-5)cc3sc1c1ccccc21. The number of para-hydroxylation sites is 1. The highest BCUT2D eigenvalue weighted by Crippen LogP contribution is 2.59. The van der Waals surface area contributed by atoms with Gasteiger partial charge in [-0.05, 0) is 97.4 Å². The first-order valence-corrected chi connectivity index (χ1v) is 21.1. The second-order valence-electron chi connectivity index (χ2n) is 16.4. The number of rotatable bonds is 5. The Morgan fingerprint density at radius 1 is 0.414 bits per heavy atom. The van der Waals surface area contributed by atoms with E-state index in [0.29, 0.717) is 0 Å². The molecule has 0 bridgehead atoms. The first-order chi connectivity index (χ1) is 28.5. The minimum atomic E-state index is -0.478. The van der Waals surface area contributed by atoms with Crippen LogP contribution in [0.25, 0.3) is 53.2 Å². The van der Waals surface area contributed by atoms with Crippen LogP contribution in [-0.4, -0.2) is 0 Å². The molecule has 0 atom stereocenters. The van der Waals surface area contributed by atoms with Gasteiger partial charge in [-0.25, -0.2) is 0 Å². The molecule has 0 saturated carbocycles. The van der Waals surface area contributed by atoms with E-state index in [-0.39, 0.29) is 5.41 Å². The predicted octanol–water partition coefficient (Wildman–Crippen LogP) is 15.3. The highest BCUT2D eigenvalue weighted by Gasteiger charge is 2.46. The van der Waals surface area contributed by atoms with Crippen molar-refractivity contribution in [1.29, 1.82) is 0 Å². The molecule has 2 aliphatic rings. The zero-order valence-electron chi connectivity index (χ0n) is 32.4. The maximum atomic E-state index is 2.47. The third kappa shape index (κ3) is 4.47. The predicted molar refractivity (Wildman–Crippen MR) is 246 cm³/mol. The van der Waals surface area contributed by atoms with Crippen molar-refractivity contribution < 1.29 is 0 Å². The smallest absolute Gasteiger partial charge is 0.0714 e. The van der Waals surface area contributed by atoms with Gasteiger partial charge in [-0.15, -0.1) is 11.3 Å². The number of benzene rings is 9. The van der Waals surface area contributed by atoms with Gasteiger partial charge in [0.1, 0.15) is 0 Å². The monoisotopic (exact) mass is 757 g/mol. The lowest BCUT2D eigenvalue weighted by atomic mass is 9.67. The van der Waals surface area contributed by atoms with Crippen molar-refractivity contribution in [3.63, 3.8) is 0 Å². The van der Waals surface area contributed by atoms with Gasteiger partial charge >= 0.3 is 0 Å². The molecule has 0 unspecified atom stereocenters. The van der Waals surface area contributed by atoms with Crippen molar-refractivity contribution in [2.45, 2.75) is 24.7 Å². The zero-order chi connectivity index (χ0) is 38.6. The van der Waals surface area contributed by atoms with E-state index < -0.39 is 5.41 Å². The summed E-state index contributed by atoms with van der Waals surface area (Å²) in [5, 5.41) is 5.41. The van der Waals surface area contributed by atoms with Crippen LogP contribution in [0.1, 0.15) is 47.2 Å². The van der Waals surface area contributed by atoms with E-state index in [4.69, 9.17) is 0 Å². The molecular formula is C56H39NS. The van der Waals surface area contributed by atoms with E-state index in [1.54, 1.807) is 0 Å². The van der Waals surface area contributed by atoms with E-state index in [0.717, 1.165) is 17.1 Å². The van der Waals surface area contributed by atoms with Crippen molar-refractivity contribution in [2.75, 3.05) is 4.90 Å². The van der Waals surface area contributed by atoms with Crippen molar-refractivity contribution >= 4 is 59.3 Å². The van der Waals surface area contributed by atoms with E-state index in [2.05, 4.69) is 219 Å². The van der Waals surface area contributed by atoms with Crippen LogP contribution in [0.3, 0.4) is 0 Å². The molecule has 58 heavy (non-hydrogen) atoms. The quantitative estimate of drug-likeness (QED) is 0.169. The Kier molecular flexibility index (Phi) is 7.13. The van der Waals surface area contributed by atoms with Crippen molar-refractivity contribution in [2.24, 2.45) is 0 Å². The fourth-order valence-electron chi connectivity index (χ4n) is 10.7. The molecule has 2 aliphatic carbocycles. The van der Waals surface area contributed by atoms with Gasteiger partial charge in [-0.3, -0.25) is 0 Å². The maximum Gasteiger partial charge on any atom is 0.0714 e. The summed E-state index contributed by atoms with van der Waals surface area (Å²) >= 11 is 1.94. The molecule has 0 N–H and O–H groups in total. The fraction of sp³-hybridized carbons (Fsp3) is 0.0714. The van der Waals surface area contributed by atoms with Crippen molar-refractivity contribution in [1.82, 2.24) is 0 Å². The Morgan fingerprint density at radius 3 is 1.69 bits per heavy atom. The van der Waals surface area contributed by atoms with E-state index in [1.165, 1.54) is 86.6 Å². The van der Waals surface area contributed by atoms with Gasteiger partial charge in [0.2, 0.25) is 0 Å². The van der Waals surface area contributed by atoms with Crippen LogP contribution in [0.5, 0.6) is 0 Å². The number of anilines is 3. The lowest BCUT2D eigenvalue weighted by Gasteiger charge is -2.35. The zero-order valence-corrected chi connectivity index (χ0v) is 33.2. The summed E-state index contributed by atoms with van der Waals surface area (Å²) in [5.74, 6) is 0. The fourth-order valence-corrected chi connectivity index (χ4v) is 12.0. The number of thiophene rings is 1. The highest BCUT2D eigenvalue weighted by atomic mass is 32.1. The van der Waals surface area contributed by atoms with Crippen LogP contribution in [-0.2, 0) is 10.8 Å². The highest BCUT2D eigenvalue weighted by molar-refractivity contribution is 7.26. The standard InChI is InChI=1S/C56H39NS/c1-55(2)47-28-16-15-27-45(47)51-43-25-12-13-26-44(43)54-52(53(51)55)46-33-31-40(35-50(46)58-54)57(38-22-10-5-11-23-38)39-30-32-42-41-24-14-17-29-48(41)56(49(42)34-39,36-18-6-3-7-19-36)37-20-8-4-9-21-37/h3-35H,1-2H3. The molecule has 9 aromatic carbocycles. The normalized spacial score (nSPS) is 14.3. The summed E-state index contributed by atoms with van der Waals surface area (Å²) < 4.78 is 2.68. The second kappa shape index (κ2) is 12.4. The van der Waals surface area contributed by atoms with Gasteiger partial charge in [0.25, 0.3) is 0 Å². The summed E-state index contributed by atoms with van der Waals surface area (Å²) in [5.41, 5.74) is 16.2. The maximum absolute atomic E-state index is 2.47. The Bertz CT molecular complexity index is 3210. The third-order valence-electron chi connectivity index (χ3n) is 13.1. The summed E-state index contributed by atoms with van der Waals surface area (Å²) in [4.78, 5) is 2.45. The molecule has 12 rings (SSSR count). The second-order valence-corrected chi connectivity index (χ2v) is 17.4. The Morgan fingerprint density at radius 2 is 0.966 bits per heavy atom. The summed E-state index contributed by atoms with van der Waals surface area (Å²) in [6, 6.07) is 74.5. The van der Waals surface area contributed by atoms with Crippen LogP contribution in [0.15, 0.2) is 200 Å². The Hall–Kier alpha value is -6.74. The largest absolute Gasteiger partial charge is 0.310 e. The first kappa shape index (κ1) is 33.4. The molecular weight excluding hydrogens is 719 g/mol. The molecule has 1 nitrogen and oxygen atoms in total. The van der Waals surface area contributed by atoms with Crippen LogP contribution in [0.4, 0.5) is 17.1 Å². The van der Waals surface area contributed by atoms with Gasteiger partial charge in [0.05, 0.1) is 5.41 Å². The molecule has 2 heteroatoms. The molecule has 0 amide bonds. The number of nitrogens with zero attached hydrogens (tertiary/aromatic N) is 1. The third-order valence-corrected chi connectivity index (χ3v) is 14.3. The van der Waals surface area contributed by atoms with Gasteiger partial charge in [0, 0.05) is 48.0 Å². The number of hydrogen-bond donors (Lipinski definition) is 0. The van der Waals surface area contributed by atoms with Gasteiger partial charge in [0.15, 0.2) is 0 Å². The Balaban J connectivity index is 1.11. The molecule has 1 aromatic heterocycles. The molecule has 0 saturated heterocycles. The minimum Gasteiger partial charge on any atom is -0.310 e. The minimum absolute atomic E-state index is 0.122. The van der Waals surface area contributed by atoms with Crippen LogP contribution in [0.2, 0.25) is 0 Å². The van der Waals surface area contributed by atoms with Crippen molar-refractivity contribution in [3.05, 3.63) is 234 Å². The molecule has 10 aromatic rings. The molecule has 0 spiro atoms. The van der Waals surface area contributed by atoms with Gasteiger partial charge < -0.3 is 4.90 Å². The lowest BCUT2D eigenvalue weighted by Crippen LogP contribution is -2.28. The van der Waals surface area contributed by atoms with E-state index >= 15 is 0 Å².